The molecule has 4 unspecified atom stereocenters. The summed E-state index contributed by atoms with van der Waals surface area (Å²) in [5.41, 5.74) is 0. The van der Waals surface area contributed by atoms with Crippen LogP contribution in [0.5, 0.6) is 0 Å². The molecule has 1 aliphatic rings. The molecule has 4 aromatic rings. The zero-order valence-corrected chi connectivity index (χ0v) is 32.7. The summed E-state index contributed by atoms with van der Waals surface area (Å²) in [4.78, 5) is 0. The van der Waals surface area contributed by atoms with E-state index in [2.05, 4.69) is 121 Å². The van der Waals surface area contributed by atoms with Crippen molar-refractivity contribution < 1.29 is 0 Å². The monoisotopic (exact) mass is 804 g/mol. The molecule has 220 valence electrons. The summed E-state index contributed by atoms with van der Waals surface area (Å²) in [6.07, 6.45) is 17.4. The van der Waals surface area contributed by atoms with Crippen molar-refractivity contribution in [2.45, 2.75) is 87.5 Å². The fourth-order valence-electron chi connectivity index (χ4n) is 5.98. The van der Waals surface area contributed by atoms with Gasteiger partial charge in [-0.25, -0.2) is 0 Å². The Bertz CT molecular complexity index is 1150. The summed E-state index contributed by atoms with van der Waals surface area (Å²) in [6.45, 7) is 0. The quantitative estimate of drug-likeness (QED) is 0.188. The van der Waals surface area contributed by atoms with E-state index in [0.717, 1.165) is 0 Å². The van der Waals surface area contributed by atoms with Gasteiger partial charge in [0.25, 0.3) is 0 Å². The van der Waals surface area contributed by atoms with Crippen LogP contribution in [0.2, 0.25) is 10.4 Å². The van der Waals surface area contributed by atoms with Crippen LogP contribution in [-0.2, 0) is 0 Å². The van der Waals surface area contributed by atoms with E-state index in [1.165, 1.54) is 87.5 Å². The van der Waals surface area contributed by atoms with Crippen molar-refractivity contribution in [3.8, 4) is 0 Å². The maximum absolute atomic E-state index is 2.58. The summed E-state index contributed by atoms with van der Waals surface area (Å²) in [7, 11) is -2.72. The predicted molar refractivity (Wildman–Crippen MR) is 192 cm³/mol. The molecule has 0 N–H and O–H groups in total. The first-order chi connectivity index (χ1) is 20.9. The van der Waals surface area contributed by atoms with E-state index in [1.54, 1.807) is 8.70 Å². The molecule has 4 atom stereocenters. The van der Waals surface area contributed by atoms with E-state index in [9.17, 15) is 0 Å². The van der Waals surface area contributed by atoms with E-state index in [-0.39, 0.29) is 0 Å². The van der Waals surface area contributed by atoms with Gasteiger partial charge in [0.15, 0.2) is 0 Å². The molecular weight excluding hydrogens is 756 g/mol. The van der Waals surface area contributed by atoms with Crippen molar-refractivity contribution in [1.29, 1.82) is 0 Å². The van der Waals surface area contributed by atoms with Gasteiger partial charge in [0, 0.05) is 0 Å². The van der Waals surface area contributed by atoms with E-state index >= 15 is 0 Å². The molecule has 0 aliphatic carbocycles. The Hall–Kier alpha value is -0.886. The standard InChI is InChI=1S/C38H48As4/c1-2-4-6-8-10-24-34-40(36-27-17-12-18-28-36)42(38-31-21-14-22-32-38)41(37-29-19-13-20-30-37)39(33-23-9-7-5-3-1)35-25-15-11-16-26-35/h11-22,25-32H,1-10,23-24,33-34H2. The Morgan fingerprint density at radius 2 is 0.500 bits per heavy atom. The predicted octanol–water partition coefficient (Wildman–Crippen LogP) is 7.52. The molecule has 1 aliphatic heterocycles. The van der Waals surface area contributed by atoms with Crippen molar-refractivity contribution in [1.82, 2.24) is 0 Å². The minimum atomic E-state index is -1.36. The molecule has 0 amide bonds. The second kappa shape index (κ2) is 18.8. The van der Waals surface area contributed by atoms with Gasteiger partial charge in [-0.05, 0) is 0 Å². The first-order valence-corrected chi connectivity index (χ1v) is 38.3. The first kappa shape index (κ1) is 32.5. The molecule has 42 heavy (non-hydrogen) atoms. The maximum atomic E-state index is 2.58. The van der Waals surface area contributed by atoms with Crippen LogP contribution >= 0.6 is 0 Å². The molecule has 0 spiro atoms. The molecule has 0 saturated carbocycles. The van der Waals surface area contributed by atoms with Crippen LogP contribution in [-0.4, -0.2) is 46.2 Å². The van der Waals surface area contributed by atoms with E-state index in [4.69, 9.17) is 0 Å². The fourth-order valence-corrected chi connectivity index (χ4v) is 167. The zero-order chi connectivity index (χ0) is 28.7. The van der Waals surface area contributed by atoms with Crippen LogP contribution in [0, 0.1) is 0 Å². The second-order valence-electron chi connectivity index (χ2n) is 11.4. The Morgan fingerprint density at radius 3 is 0.786 bits per heavy atom. The van der Waals surface area contributed by atoms with Gasteiger partial charge in [-0.15, -0.1) is 0 Å². The third-order valence-corrected chi connectivity index (χ3v) is 117. The van der Waals surface area contributed by atoms with Gasteiger partial charge in [-0.2, -0.15) is 0 Å². The topological polar surface area (TPSA) is 0 Å². The third kappa shape index (κ3) is 9.81. The van der Waals surface area contributed by atoms with Gasteiger partial charge >= 0.3 is 272 Å². The van der Waals surface area contributed by atoms with Crippen molar-refractivity contribution >= 4 is 63.6 Å². The Labute approximate surface area is 270 Å². The van der Waals surface area contributed by atoms with Crippen molar-refractivity contribution in [3.63, 3.8) is 0 Å². The van der Waals surface area contributed by atoms with Gasteiger partial charge < -0.3 is 0 Å². The van der Waals surface area contributed by atoms with Crippen LogP contribution in [0.25, 0.3) is 0 Å². The number of hydrogen-bond acceptors (Lipinski definition) is 0. The molecule has 0 bridgehead atoms. The van der Waals surface area contributed by atoms with Gasteiger partial charge in [-0.1, -0.05) is 0 Å². The third-order valence-electron chi connectivity index (χ3n) is 8.21. The van der Waals surface area contributed by atoms with E-state index < -0.39 is 46.2 Å². The van der Waals surface area contributed by atoms with Gasteiger partial charge in [-0.3, -0.25) is 0 Å². The second-order valence-corrected chi connectivity index (χ2v) is 66.8. The average molecular weight is 804 g/mol. The van der Waals surface area contributed by atoms with E-state index in [0.29, 0.717) is 0 Å². The molecule has 1 fully saturated rings. The van der Waals surface area contributed by atoms with Gasteiger partial charge in [0.1, 0.15) is 0 Å². The van der Waals surface area contributed by atoms with E-state index in [1.807, 2.05) is 8.70 Å². The Balaban J connectivity index is 1.62. The van der Waals surface area contributed by atoms with Crippen molar-refractivity contribution in [2.75, 3.05) is 0 Å². The molecule has 0 aromatic heterocycles. The average Bonchev–Trinajstić information content (AvgIpc) is 3.06. The van der Waals surface area contributed by atoms with Crippen LogP contribution in [0.1, 0.15) is 77.0 Å². The number of rotatable bonds is 4. The minimum absolute atomic E-state index is 1.28. The number of hydrogen-bond donors (Lipinski definition) is 0. The van der Waals surface area contributed by atoms with Crippen LogP contribution in [0.15, 0.2) is 121 Å². The van der Waals surface area contributed by atoms with Crippen molar-refractivity contribution in [3.05, 3.63) is 121 Å². The first-order valence-electron chi connectivity index (χ1n) is 16.3. The molecule has 4 heteroatoms. The summed E-state index contributed by atoms with van der Waals surface area (Å²) in [5.74, 6) is 0. The van der Waals surface area contributed by atoms with Crippen LogP contribution < -0.4 is 17.4 Å². The Morgan fingerprint density at radius 1 is 0.262 bits per heavy atom. The van der Waals surface area contributed by atoms with Crippen molar-refractivity contribution in [2.24, 2.45) is 0 Å². The molecular formula is C38H48As4. The normalized spacial score (nSPS) is 23.8. The SMILES string of the molecule is c1ccc([As]2CCCCCCCCCCCCCC[As](c3ccccc3)[As](c3ccccc3)[As]2c2ccccc2)cc1. The molecule has 4 aromatic carbocycles. The summed E-state index contributed by atoms with van der Waals surface area (Å²) < 4.78 is 7.17. The molecule has 0 radical (unpaired) electrons. The fraction of sp³-hybridized carbons (Fsp3) is 0.368. The molecule has 5 rings (SSSR count). The molecule has 1 heterocycles. The van der Waals surface area contributed by atoms with Gasteiger partial charge in [0.2, 0.25) is 0 Å². The zero-order valence-electron chi connectivity index (χ0n) is 25.2. The number of benzene rings is 4. The summed E-state index contributed by atoms with van der Waals surface area (Å²) >= 11 is -2.57. The van der Waals surface area contributed by atoms with Crippen LogP contribution in [0.3, 0.4) is 0 Å². The summed E-state index contributed by atoms with van der Waals surface area (Å²) in [6, 6.07) is 48.4. The van der Waals surface area contributed by atoms with Gasteiger partial charge in [0.05, 0.1) is 0 Å². The summed E-state index contributed by atoms with van der Waals surface area (Å²) in [5, 5.41) is 3.03. The Kier molecular flexibility index (Phi) is 14.6. The molecule has 1 saturated heterocycles. The van der Waals surface area contributed by atoms with Crippen LogP contribution in [0.4, 0.5) is 0 Å². The molecule has 0 nitrogen and oxygen atoms in total.